The van der Waals surface area contributed by atoms with E-state index < -0.39 is 0 Å². The van der Waals surface area contributed by atoms with Crippen molar-refractivity contribution in [2.45, 2.75) is 38.6 Å². The van der Waals surface area contributed by atoms with E-state index in [9.17, 15) is 0 Å². The van der Waals surface area contributed by atoms with E-state index in [2.05, 4.69) is 20.8 Å². The fourth-order valence-electron chi connectivity index (χ4n) is 2.57. The molecule has 0 spiro atoms. The molecule has 2 aromatic heterocycles. The highest BCUT2D eigenvalue weighted by Gasteiger charge is 2.14. The minimum absolute atomic E-state index is 1.02. The number of hydrogen-bond acceptors (Lipinski definition) is 2. The van der Waals surface area contributed by atoms with Crippen molar-refractivity contribution in [3.63, 3.8) is 0 Å². The fourth-order valence-corrected chi connectivity index (χ4v) is 2.57. The lowest BCUT2D eigenvalue weighted by Gasteiger charge is -2.13. The molecule has 0 amide bonds. The van der Waals surface area contributed by atoms with Crippen LogP contribution in [0, 0.1) is 0 Å². The molecule has 1 aliphatic rings. The minimum atomic E-state index is 1.02. The summed E-state index contributed by atoms with van der Waals surface area (Å²) in [4.78, 5) is 4.52. The molecule has 3 rings (SSSR count). The molecule has 4 heteroatoms. The first kappa shape index (κ1) is 10.6. The maximum Gasteiger partial charge on any atom is 0.0951 e. The Morgan fingerprint density at radius 2 is 2.18 bits per heavy atom. The minimum Gasteiger partial charge on any atom is -0.334 e. The van der Waals surface area contributed by atoms with Gasteiger partial charge in [0.05, 0.1) is 18.2 Å². The van der Waals surface area contributed by atoms with E-state index in [1.54, 1.807) is 0 Å². The molecule has 0 atom stereocenters. The summed E-state index contributed by atoms with van der Waals surface area (Å²) in [5.74, 6) is 0. The molecule has 0 aliphatic heterocycles. The second kappa shape index (κ2) is 4.35. The fraction of sp³-hybridized carbons (Fsp3) is 0.538. The lowest BCUT2D eigenvalue weighted by Crippen LogP contribution is -2.09. The van der Waals surface area contributed by atoms with E-state index in [-0.39, 0.29) is 0 Å². The van der Waals surface area contributed by atoms with Gasteiger partial charge in [-0.25, -0.2) is 4.98 Å². The number of hydrogen-bond donors (Lipinski definition) is 0. The van der Waals surface area contributed by atoms with Crippen LogP contribution < -0.4 is 0 Å². The van der Waals surface area contributed by atoms with E-state index in [1.165, 1.54) is 36.2 Å². The van der Waals surface area contributed by atoms with Gasteiger partial charge in [-0.05, 0) is 37.7 Å². The quantitative estimate of drug-likeness (QED) is 0.805. The summed E-state index contributed by atoms with van der Waals surface area (Å²) in [5.41, 5.74) is 4.08. The normalized spacial score (nSPS) is 14.9. The Kier molecular flexibility index (Phi) is 2.71. The predicted molar refractivity (Wildman–Crippen MR) is 65.8 cm³/mol. The zero-order chi connectivity index (χ0) is 11.7. The molecule has 0 unspecified atom stereocenters. The first-order valence-corrected chi connectivity index (χ1v) is 6.33. The van der Waals surface area contributed by atoms with Gasteiger partial charge in [-0.1, -0.05) is 0 Å². The van der Waals surface area contributed by atoms with Gasteiger partial charge >= 0.3 is 0 Å². The van der Waals surface area contributed by atoms with Crippen molar-refractivity contribution < 1.29 is 0 Å². The van der Waals surface area contributed by atoms with Crippen molar-refractivity contribution in [3.8, 4) is 0 Å². The summed E-state index contributed by atoms with van der Waals surface area (Å²) in [6.45, 7) is 1.02. The van der Waals surface area contributed by atoms with Gasteiger partial charge in [0.2, 0.25) is 0 Å². The zero-order valence-corrected chi connectivity index (χ0v) is 10.3. The molecule has 2 heterocycles. The van der Waals surface area contributed by atoms with Gasteiger partial charge in [0.1, 0.15) is 0 Å². The summed E-state index contributed by atoms with van der Waals surface area (Å²) in [5, 5.41) is 4.20. The van der Waals surface area contributed by atoms with Crippen LogP contribution in [0.4, 0.5) is 0 Å². The average molecular weight is 230 g/mol. The highest BCUT2D eigenvalue weighted by molar-refractivity contribution is 5.16. The second-order valence-corrected chi connectivity index (χ2v) is 4.81. The van der Waals surface area contributed by atoms with E-state index in [4.69, 9.17) is 0 Å². The number of fused-ring (bicyclic) bond motifs is 1. The first-order valence-electron chi connectivity index (χ1n) is 6.33. The summed E-state index contributed by atoms with van der Waals surface area (Å²) in [7, 11) is 1.96. The Labute approximate surface area is 101 Å². The van der Waals surface area contributed by atoms with Crippen molar-refractivity contribution in [2.24, 2.45) is 7.05 Å². The summed E-state index contributed by atoms with van der Waals surface area (Å²) in [6.07, 6.45) is 12.0. The van der Waals surface area contributed by atoms with Crippen LogP contribution in [0.25, 0.3) is 0 Å². The van der Waals surface area contributed by atoms with Crippen LogP contribution in [0.3, 0.4) is 0 Å². The van der Waals surface area contributed by atoms with E-state index in [1.807, 2.05) is 24.3 Å². The Bertz CT molecular complexity index is 509. The summed E-state index contributed by atoms with van der Waals surface area (Å²) < 4.78 is 4.18. The number of rotatable bonds is 3. The summed E-state index contributed by atoms with van der Waals surface area (Å²) >= 11 is 0. The Morgan fingerprint density at radius 1 is 1.29 bits per heavy atom. The molecule has 0 radical (unpaired) electrons. The standard InChI is InChI=1S/C13H18N4/c1-16-9-11(8-15-16)6-7-17-10-14-12-4-2-3-5-13(12)17/h8-10H,2-7H2,1H3. The Morgan fingerprint density at radius 3 is 3.00 bits per heavy atom. The van der Waals surface area contributed by atoms with Crippen LogP contribution in [0.1, 0.15) is 29.8 Å². The molecule has 0 saturated heterocycles. The monoisotopic (exact) mass is 230 g/mol. The molecule has 4 nitrogen and oxygen atoms in total. The molecule has 17 heavy (non-hydrogen) atoms. The lowest BCUT2D eigenvalue weighted by atomic mass is 10.0. The van der Waals surface area contributed by atoms with Crippen LogP contribution >= 0.6 is 0 Å². The first-order chi connectivity index (χ1) is 8.33. The predicted octanol–water partition coefficient (Wildman–Crippen LogP) is 1.74. The van der Waals surface area contributed by atoms with Crippen molar-refractivity contribution in [1.29, 1.82) is 0 Å². The van der Waals surface area contributed by atoms with Crippen molar-refractivity contribution in [2.75, 3.05) is 0 Å². The molecule has 0 aromatic carbocycles. The summed E-state index contributed by atoms with van der Waals surface area (Å²) in [6, 6.07) is 0. The third-order valence-corrected chi connectivity index (χ3v) is 3.51. The number of aryl methyl sites for hydroxylation is 4. The SMILES string of the molecule is Cn1cc(CCn2cnc3c2CCCC3)cn1. The molecule has 0 N–H and O–H groups in total. The van der Waals surface area contributed by atoms with Crippen LogP contribution in [0.2, 0.25) is 0 Å². The van der Waals surface area contributed by atoms with Crippen molar-refractivity contribution in [1.82, 2.24) is 19.3 Å². The van der Waals surface area contributed by atoms with Crippen LogP contribution in [0.15, 0.2) is 18.7 Å². The van der Waals surface area contributed by atoms with Gasteiger partial charge in [0, 0.05) is 25.5 Å². The number of imidazole rings is 1. The molecule has 1 aliphatic carbocycles. The van der Waals surface area contributed by atoms with E-state index in [0.29, 0.717) is 0 Å². The van der Waals surface area contributed by atoms with Gasteiger partial charge in [0.25, 0.3) is 0 Å². The topological polar surface area (TPSA) is 35.6 Å². The molecule has 90 valence electrons. The highest BCUT2D eigenvalue weighted by Crippen LogP contribution is 2.20. The Hall–Kier alpha value is -1.58. The van der Waals surface area contributed by atoms with E-state index >= 15 is 0 Å². The van der Waals surface area contributed by atoms with Crippen LogP contribution in [-0.4, -0.2) is 19.3 Å². The van der Waals surface area contributed by atoms with Gasteiger partial charge in [-0.15, -0.1) is 0 Å². The third kappa shape index (κ3) is 2.12. The van der Waals surface area contributed by atoms with Gasteiger partial charge in [0.15, 0.2) is 0 Å². The van der Waals surface area contributed by atoms with Gasteiger partial charge in [-0.3, -0.25) is 4.68 Å². The molecular weight excluding hydrogens is 212 g/mol. The smallest absolute Gasteiger partial charge is 0.0951 e. The highest BCUT2D eigenvalue weighted by atomic mass is 15.2. The average Bonchev–Trinajstić information content (AvgIpc) is 2.93. The van der Waals surface area contributed by atoms with Crippen molar-refractivity contribution in [3.05, 3.63) is 35.7 Å². The molecule has 0 saturated carbocycles. The van der Waals surface area contributed by atoms with Gasteiger partial charge < -0.3 is 4.57 Å². The third-order valence-electron chi connectivity index (χ3n) is 3.51. The zero-order valence-electron chi connectivity index (χ0n) is 10.3. The largest absolute Gasteiger partial charge is 0.334 e. The second-order valence-electron chi connectivity index (χ2n) is 4.81. The lowest BCUT2D eigenvalue weighted by molar-refractivity contribution is 0.602. The van der Waals surface area contributed by atoms with Crippen LogP contribution in [-0.2, 0) is 32.9 Å². The number of nitrogens with zero attached hydrogens (tertiary/aromatic N) is 4. The van der Waals surface area contributed by atoms with E-state index in [0.717, 1.165) is 19.4 Å². The van der Waals surface area contributed by atoms with Crippen LogP contribution in [0.5, 0.6) is 0 Å². The molecular formula is C13H18N4. The maximum absolute atomic E-state index is 4.52. The molecule has 0 bridgehead atoms. The Balaban J connectivity index is 1.71. The number of aromatic nitrogens is 4. The van der Waals surface area contributed by atoms with Gasteiger partial charge in [-0.2, -0.15) is 5.10 Å². The maximum atomic E-state index is 4.52. The molecule has 0 fully saturated rings. The molecule has 2 aromatic rings. The van der Waals surface area contributed by atoms with Crippen molar-refractivity contribution >= 4 is 0 Å².